The van der Waals surface area contributed by atoms with Gasteiger partial charge in [-0.15, -0.1) is 0 Å². The molecule has 0 atom stereocenters. The van der Waals surface area contributed by atoms with Crippen LogP contribution in [0.2, 0.25) is 0 Å². The van der Waals surface area contributed by atoms with Gasteiger partial charge in [-0.3, -0.25) is 4.98 Å². The molecule has 0 spiro atoms. The van der Waals surface area contributed by atoms with Gasteiger partial charge >= 0.3 is 6.18 Å². The first-order chi connectivity index (χ1) is 6.54. The summed E-state index contributed by atoms with van der Waals surface area (Å²) in [4.78, 5) is 3.30. The Kier molecular flexibility index (Phi) is 5.20. The smallest absolute Gasteiger partial charge is 0.252 e. The molecule has 0 N–H and O–H groups in total. The molecule has 0 aliphatic heterocycles. The van der Waals surface area contributed by atoms with Crippen LogP contribution >= 0.6 is 0 Å². The van der Waals surface area contributed by atoms with E-state index in [4.69, 9.17) is 0 Å². The Balaban J connectivity index is 0.000000791. The summed E-state index contributed by atoms with van der Waals surface area (Å²) in [7, 11) is 0. The number of rotatable bonds is 1. The Morgan fingerprint density at radius 1 is 1.21 bits per heavy atom. The largest absolute Gasteiger partial charge is 0.433 e. The van der Waals surface area contributed by atoms with E-state index in [0.29, 0.717) is 6.42 Å². The van der Waals surface area contributed by atoms with Gasteiger partial charge in [0.25, 0.3) is 0 Å². The Bertz CT molecular complexity index is 251. The van der Waals surface area contributed by atoms with Gasteiger partial charge < -0.3 is 0 Å². The van der Waals surface area contributed by atoms with Gasteiger partial charge in [-0.1, -0.05) is 26.8 Å². The normalized spacial score (nSPS) is 10.4. The van der Waals surface area contributed by atoms with Crippen molar-refractivity contribution in [1.29, 1.82) is 0 Å². The molecular formula is C10H14F3N. The van der Waals surface area contributed by atoms with E-state index in [2.05, 4.69) is 4.98 Å². The van der Waals surface area contributed by atoms with Crippen molar-refractivity contribution in [1.82, 2.24) is 4.98 Å². The molecule has 1 nitrogen and oxygen atoms in total. The van der Waals surface area contributed by atoms with Crippen LogP contribution in [0.3, 0.4) is 0 Å². The molecule has 80 valence electrons. The highest BCUT2D eigenvalue weighted by molar-refractivity contribution is 5.15. The van der Waals surface area contributed by atoms with Crippen molar-refractivity contribution in [2.75, 3.05) is 0 Å². The summed E-state index contributed by atoms with van der Waals surface area (Å²) in [5.74, 6) is 0. The Morgan fingerprint density at radius 3 is 2.07 bits per heavy atom. The van der Waals surface area contributed by atoms with Crippen molar-refractivity contribution in [3.8, 4) is 0 Å². The zero-order valence-corrected chi connectivity index (χ0v) is 8.52. The topological polar surface area (TPSA) is 12.9 Å². The van der Waals surface area contributed by atoms with Crippen LogP contribution in [-0.2, 0) is 12.6 Å². The minimum absolute atomic E-state index is 0.700. The number of aromatic nitrogens is 1. The lowest BCUT2D eigenvalue weighted by atomic mass is 10.2. The van der Waals surface area contributed by atoms with Gasteiger partial charge in [-0.2, -0.15) is 13.2 Å². The van der Waals surface area contributed by atoms with Crippen LogP contribution < -0.4 is 0 Å². The van der Waals surface area contributed by atoms with Crippen molar-refractivity contribution < 1.29 is 13.2 Å². The maximum Gasteiger partial charge on any atom is 0.433 e. The standard InChI is InChI=1S/C8H8F3N.C2H6/c1-2-6-3-4-7(12-5-6)8(9,10)11;1-2/h3-5H,2H2,1H3;1-2H3. The van der Waals surface area contributed by atoms with Gasteiger partial charge in [0.15, 0.2) is 0 Å². The van der Waals surface area contributed by atoms with E-state index >= 15 is 0 Å². The number of halogens is 3. The van der Waals surface area contributed by atoms with Crippen LogP contribution in [0.1, 0.15) is 32.0 Å². The maximum absolute atomic E-state index is 12.0. The Labute approximate surface area is 82.0 Å². The lowest BCUT2D eigenvalue weighted by molar-refractivity contribution is -0.141. The summed E-state index contributed by atoms with van der Waals surface area (Å²) in [6.45, 7) is 5.87. The van der Waals surface area contributed by atoms with Crippen LogP contribution in [0, 0.1) is 0 Å². The van der Waals surface area contributed by atoms with Gasteiger partial charge in [0, 0.05) is 6.20 Å². The zero-order chi connectivity index (χ0) is 11.2. The highest BCUT2D eigenvalue weighted by Gasteiger charge is 2.31. The van der Waals surface area contributed by atoms with Crippen molar-refractivity contribution in [3.63, 3.8) is 0 Å². The van der Waals surface area contributed by atoms with Crippen LogP contribution in [-0.4, -0.2) is 4.98 Å². The number of hydrogen-bond donors (Lipinski definition) is 0. The van der Waals surface area contributed by atoms with E-state index in [1.807, 2.05) is 20.8 Å². The third-order valence-electron chi connectivity index (χ3n) is 1.52. The minimum atomic E-state index is -4.33. The molecule has 4 heteroatoms. The van der Waals surface area contributed by atoms with Crippen molar-refractivity contribution in [3.05, 3.63) is 29.6 Å². The fourth-order valence-corrected chi connectivity index (χ4v) is 0.801. The molecule has 0 radical (unpaired) electrons. The van der Waals surface area contributed by atoms with E-state index in [1.165, 1.54) is 12.3 Å². The highest BCUT2D eigenvalue weighted by Crippen LogP contribution is 2.27. The second-order valence-electron chi connectivity index (χ2n) is 2.40. The first-order valence-corrected chi connectivity index (χ1v) is 4.56. The first kappa shape index (κ1) is 12.9. The third-order valence-corrected chi connectivity index (χ3v) is 1.52. The predicted octanol–water partition coefficient (Wildman–Crippen LogP) is 3.69. The summed E-state index contributed by atoms with van der Waals surface area (Å²) in [6, 6.07) is 2.44. The lowest BCUT2D eigenvalue weighted by Gasteiger charge is -2.04. The van der Waals surface area contributed by atoms with Crippen LogP contribution in [0.15, 0.2) is 18.3 Å². The summed E-state index contributed by atoms with van der Waals surface area (Å²) >= 11 is 0. The third kappa shape index (κ3) is 3.77. The van der Waals surface area contributed by atoms with Gasteiger partial charge in [0.2, 0.25) is 0 Å². The summed E-state index contributed by atoms with van der Waals surface area (Å²) < 4.78 is 35.9. The van der Waals surface area contributed by atoms with E-state index in [9.17, 15) is 13.2 Å². The molecule has 0 saturated carbocycles. The molecule has 1 aromatic rings. The molecule has 0 aliphatic rings. The average Bonchev–Trinajstić information content (AvgIpc) is 2.20. The molecule has 0 bridgehead atoms. The fourth-order valence-electron chi connectivity index (χ4n) is 0.801. The summed E-state index contributed by atoms with van der Waals surface area (Å²) in [5, 5.41) is 0. The molecular weight excluding hydrogens is 191 g/mol. The maximum atomic E-state index is 12.0. The second kappa shape index (κ2) is 5.62. The SMILES string of the molecule is CC.CCc1ccc(C(F)(F)F)nc1. The fraction of sp³-hybridized carbons (Fsp3) is 0.500. The van der Waals surface area contributed by atoms with E-state index in [-0.39, 0.29) is 0 Å². The first-order valence-electron chi connectivity index (χ1n) is 4.56. The average molecular weight is 205 g/mol. The molecule has 14 heavy (non-hydrogen) atoms. The molecule has 0 aromatic carbocycles. The van der Waals surface area contributed by atoms with Crippen molar-refractivity contribution >= 4 is 0 Å². The monoisotopic (exact) mass is 205 g/mol. The Morgan fingerprint density at radius 2 is 1.79 bits per heavy atom. The predicted molar refractivity (Wildman–Crippen MR) is 50.0 cm³/mol. The van der Waals surface area contributed by atoms with Crippen LogP contribution in [0.25, 0.3) is 0 Å². The van der Waals surface area contributed by atoms with E-state index in [1.54, 1.807) is 0 Å². The lowest BCUT2D eigenvalue weighted by Crippen LogP contribution is -2.07. The number of alkyl halides is 3. The molecule has 0 saturated heterocycles. The molecule has 0 aliphatic carbocycles. The van der Waals surface area contributed by atoms with Crippen LogP contribution in [0.4, 0.5) is 13.2 Å². The second-order valence-corrected chi connectivity index (χ2v) is 2.40. The van der Waals surface area contributed by atoms with Gasteiger partial charge in [-0.25, -0.2) is 0 Å². The summed E-state index contributed by atoms with van der Waals surface area (Å²) in [6.07, 6.45) is -2.37. The van der Waals surface area contributed by atoms with Crippen molar-refractivity contribution in [2.24, 2.45) is 0 Å². The Hall–Kier alpha value is -1.06. The van der Waals surface area contributed by atoms with Crippen LogP contribution in [0.5, 0.6) is 0 Å². The zero-order valence-electron chi connectivity index (χ0n) is 8.52. The molecule has 0 fully saturated rings. The number of pyridine rings is 1. The molecule has 1 aromatic heterocycles. The highest BCUT2D eigenvalue weighted by atomic mass is 19.4. The van der Waals surface area contributed by atoms with E-state index in [0.717, 1.165) is 11.6 Å². The quantitative estimate of drug-likeness (QED) is 0.681. The van der Waals surface area contributed by atoms with Gasteiger partial charge in [-0.05, 0) is 18.1 Å². The van der Waals surface area contributed by atoms with Gasteiger partial charge in [0.05, 0.1) is 0 Å². The molecule has 1 heterocycles. The number of hydrogen-bond acceptors (Lipinski definition) is 1. The molecule has 0 amide bonds. The molecule has 1 rings (SSSR count). The number of aryl methyl sites for hydroxylation is 1. The van der Waals surface area contributed by atoms with Crippen molar-refractivity contribution in [2.45, 2.75) is 33.4 Å². The minimum Gasteiger partial charge on any atom is -0.252 e. The van der Waals surface area contributed by atoms with E-state index < -0.39 is 11.9 Å². The molecule has 0 unspecified atom stereocenters. The number of nitrogens with zero attached hydrogens (tertiary/aromatic N) is 1. The van der Waals surface area contributed by atoms with Gasteiger partial charge in [0.1, 0.15) is 5.69 Å². The summed E-state index contributed by atoms with van der Waals surface area (Å²) in [5.41, 5.74) is -0.0253.